The fourth-order valence-electron chi connectivity index (χ4n) is 1.96. The number of halogens is 1. The zero-order valence-corrected chi connectivity index (χ0v) is 12.5. The van der Waals surface area contributed by atoms with Crippen molar-refractivity contribution in [1.82, 2.24) is 5.32 Å². The number of phenols is 1. The van der Waals surface area contributed by atoms with Gasteiger partial charge in [0, 0.05) is 5.02 Å². The lowest BCUT2D eigenvalue weighted by molar-refractivity contribution is 0.0937. The van der Waals surface area contributed by atoms with Gasteiger partial charge >= 0.3 is 0 Å². The highest BCUT2D eigenvalue weighted by molar-refractivity contribution is 6.30. The number of carbonyl (C=O) groups is 1. The van der Waals surface area contributed by atoms with Crippen molar-refractivity contribution in [2.75, 3.05) is 7.11 Å². The quantitative estimate of drug-likeness (QED) is 0.908. The molecule has 2 aromatic carbocycles. The van der Waals surface area contributed by atoms with Gasteiger partial charge in [-0.2, -0.15) is 0 Å². The van der Waals surface area contributed by atoms with Crippen LogP contribution >= 0.6 is 11.6 Å². The number of benzene rings is 2. The second-order valence-corrected chi connectivity index (χ2v) is 5.07. The first-order chi connectivity index (χ1) is 10.0. The molecule has 2 aromatic rings. The molecule has 4 nitrogen and oxygen atoms in total. The normalized spacial score (nSPS) is 11.8. The summed E-state index contributed by atoms with van der Waals surface area (Å²) in [6.45, 7) is 1.85. The Balaban J connectivity index is 2.18. The van der Waals surface area contributed by atoms with E-state index in [-0.39, 0.29) is 23.3 Å². The second-order valence-electron chi connectivity index (χ2n) is 4.63. The van der Waals surface area contributed by atoms with Crippen molar-refractivity contribution in [1.29, 1.82) is 0 Å². The number of amides is 1. The molecule has 21 heavy (non-hydrogen) atoms. The number of methoxy groups -OCH3 is 1. The van der Waals surface area contributed by atoms with Gasteiger partial charge in [0.05, 0.1) is 18.7 Å². The van der Waals surface area contributed by atoms with E-state index in [2.05, 4.69) is 5.32 Å². The fourth-order valence-corrected chi connectivity index (χ4v) is 2.16. The van der Waals surface area contributed by atoms with Crippen LogP contribution in [0.25, 0.3) is 0 Å². The van der Waals surface area contributed by atoms with Gasteiger partial charge in [-0.05, 0) is 42.8 Å². The van der Waals surface area contributed by atoms with Gasteiger partial charge in [-0.25, -0.2) is 0 Å². The average Bonchev–Trinajstić information content (AvgIpc) is 2.47. The smallest absolute Gasteiger partial charge is 0.255 e. The largest absolute Gasteiger partial charge is 0.507 e. The number of nitrogens with one attached hydrogen (secondary N) is 1. The van der Waals surface area contributed by atoms with Crippen LogP contribution in [-0.2, 0) is 0 Å². The maximum absolute atomic E-state index is 12.2. The Morgan fingerprint density at radius 2 is 2.05 bits per heavy atom. The highest BCUT2D eigenvalue weighted by Gasteiger charge is 2.15. The van der Waals surface area contributed by atoms with E-state index >= 15 is 0 Å². The first kappa shape index (κ1) is 15.2. The summed E-state index contributed by atoms with van der Waals surface area (Å²) in [6.07, 6.45) is 0. The van der Waals surface area contributed by atoms with Crippen LogP contribution in [0.1, 0.15) is 28.9 Å². The maximum Gasteiger partial charge on any atom is 0.255 e. The van der Waals surface area contributed by atoms with Crippen molar-refractivity contribution in [3.05, 3.63) is 58.6 Å². The molecule has 1 atom stereocenters. The zero-order chi connectivity index (χ0) is 15.4. The van der Waals surface area contributed by atoms with Crippen LogP contribution in [0.3, 0.4) is 0 Å². The molecular formula is C16H16ClNO3. The summed E-state index contributed by atoms with van der Waals surface area (Å²) in [7, 11) is 1.50. The van der Waals surface area contributed by atoms with Crippen LogP contribution in [0.4, 0.5) is 0 Å². The van der Waals surface area contributed by atoms with Gasteiger partial charge in [0.1, 0.15) is 11.5 Å². The summed E-state index contributed by atoms with van der Waals surface area (Å²) in [5.74, 6) is 0.0406. The Bertz CT molecular complexity index is 658. The molecule has 0 saturated heterocycles. The maximum atomic E-state index is 12.2. The minimum Gasteiger partial charge on any atom is -0.507 e. The molecule has 2 N–H and O–H groups in total. The van der Waals surface area contributed by atoms with Crippen molar-refractivity contribution < 1.29 is 14.6 Å². The molecule has 0 heterocycles. The molecule has 1 amide bonds. The third-order valence-corrected chi connectivity index (χ3v) is 3.38. The molecule has 0 aromatic heterocycles. The summed E-state index contributed by atoms with van der Waals surface area (Å²) in [5.41, 5.74) is 1.06. The van der Waals surface area contributed by atoms with Crippen molar-refractivity contribution in [3.63, 3.8) is 0 Å². The lowest BCUT2D eigenvalue weighted by atomic mass is 10.1. The first-order valence-electron chi connectivity index (χ1n) is 6.44. The van der Waals surface area contributed by atoms with E-state index < -0.39 is 0 Å². The Kier molecular flexibility index (Phi) is 4.70. The third kappa shape index (κ3) is 3.67. The van der Waals surface area contributed by atoms with Gasteiger partial charge in [-0.15, -0.1) is 0 Å². The monoisotopic (exact) mass is 305 g/mol. The summed E-state index contributed by atoms with van der Waals surface area (Å²) >= 11 is 5.94. The van der Waals surface area contributed by atoms with Crippen molar-refractivity contribution >= 4 is 17.5 Å². The average molecular weight is 306 g/mol. The number of phenolic OH excluding ortho intramolecular Hbond substituents is 1. The molecule has 1 unspecified atom stereocenters. The number of ether oxygens (including phenoxy) is 1. The first-order valence-corrected chi connectivity index (χ1v) is 6.82. The summed E-state index contributed by atoms with van der Waals surface area (Å²) < 4.78 is 5.06. The SMILES string of the molecule is COc1ccc(O)c(C(=O)NC(C)c2cccc(Cl)c2)c1. The third-order valence-electron chi connectivity index (χ3n) is 3.14. The number of aromatic hydroxyl groups is 1. The minimum atomic E-state index is -0.376. The van der Waals surface area contributed by atoms with Gasteiger partial charge < -0.3 is 15.2 Å². The molecule has 0 aliphatic heterocycles. The van der Waals surface area contributed by atoms with E-state index in [1.807, 2.05) is 19.1 Å². The van der Waals surface area contributed by atoms with E-state index in [1.165, 1.54) is 19.2 Å². The van der Waals surface area contributed by atoms with Crippen LogP contribution in [0.2, 0.25) is 5.02 Å². The van der Waals surface area contributed by atoms with Crippen molar-refractivity contribution in [2.24, 2.45) is 0 Å². The number of rotatable bonds is 4. The Labute approximate surface area is 128 Å². The van der Waals surface area contributed by atoms with Crippen molar-refractivity contribution in [3.8, 4) is 11.5 Å². The van der Waals surface area contributed by atoms with Crippen LogP contribution < -0.4 is 10.1 Å². The van der Waals surface area contributed by atoms with E-state index in [0.29, 0.717) is 10.8 Å². The molecule has 0 saturated carbocycles. The predicted molar refractivity (Wildman–Crippen MR) is 82.0 cm³/mol. The van der Waals surface area contributed by atoms with E-state index in [9.17, 15) is 9.90 Å². The molecule has 0 aliphatic carbocycles. The lowest BCUT2D eigenvalue weighted by Crippen LogP contribution is -2.26. The Morgan fingerprint density at radius 3 is 2.71 bits per heavy atom. The molecule has 2 rings (SSSR count). The van der Waals surface area contributed by atoms with E-state index in [1.54, 1.807) is 18.2 Å². The fraction of sp³-hybridized carbons (Fsp3) is 0.188. The molecule has 5 heteroatoms. The van der Waals surface area contributed by atoms with E-state index in [4.69, 9.17) is 16.3 Å². The van der Waals surface area contributed by atoms with Crippen LogP contribution in [0.15, 0.2) is 42.5 Å². The molecule has 0 bridgehead atoms. The second kappa shape index (κ2) is 6.50. The molecule has 110 valence electrons. The van der Waals surface area contributed by atoms with Gasteiger partial charge in [0.15, 0.2) is 0 Å². The highest BCUT2D eigenvalue weighted by atomic mass is 35.5. The van der Waals surface area contributed by atoms with Crippen LogP contribution in [0, 0.1) is 0 Å². The lowest BCUT2D eigenvalue weighted by Gasteiger charge is -2.15. The number of carbonyl (C=O) groups excluding carboxylic acids is 1. The summed E-state index contributed by atoms with van der Waals surface area (Å²) in [6, 6.07) is 11.5. The summed E-state index contributed by atoms with van der Waals surface area (Å²) in [5, 5.41) is 13.2. The van der Waals surface area contributed by atoms with Gasteiger partial charge in [-0.1, -0.05) is 23.7 Å². The topological polar surface area (TPSA) is 58.6 Å². The molecule has 0 radical (unpaired) electrons. The van der Waals surface area contributed by atoms with E-state index in [0.717, 1.165) is 5.56 Å². The molecule has 0 aliphatic rings. The standard InChI is InChI=1S/C16H16ClNO3/c1-10(11-4-3-5-12(17)8-11)18-16(20)14-9-13(21-2)6-7-15(14)19/h3-10,19H,1-2H3,(H,18,20). The van der Waals surface area contributed by atoms with Crippen molar-refractivity contribution in [2.45, 2.75) is 13.0 Å². The summed E-state index contributed by atoms with van der Waals surface area (Å²) in [4.78, 5) is 12.2. The molecular weight excluding hydrogens is 290 g/mol. The van der Waals surface area contributed by atoms with Gasteiger partial charge in [-0.3, -0.25) is 4.79 Å². The number of hydrogen-bond acceptors (Lipinski definition) is 3. The van der Waals surface area contributed by atoms with Crippen LogP contribution in [-0.4, -0.2) is 18.1 Å². The zero-order valence-electron chi connectivity index (χ0n) is 11.8. The molecule has 0 fully saturated rings. The van der Waals surface area contributed by atoms with Crippen LogP contribution in [0.5, 0.6) is 11.5 Å². The Morgan fingerprint density at radius 1 is 1.29 bits per heavy atom. The predicted octanol–water partition coefficient (Wildman–Crippen LogP) is 3.55. The minimum absolute atomic E-state index is 0.0911. The highest BCUT2D eigenvalue weighted by Crippen LogP contribution is 2.24. The molecule has 0 spiro atoms. The van der Waals surface area contributed by atoms with Gasteiger partial charge in [0.25, 0.3) is 5.91 Å². The van der Waals surface area contributed by atoms with Gasteiger partial charge in [0.2, 0.25) is 0 Å². The Hall–Kier alpha value is -2.20. The number of hydrogen-bond donors (Lipinski definition) is 2.